The van der Waals surface area contributed by atoms with E-state index in [2.05, 4.69) is 10.1 Å². The van der Waals surface area contributed by atoms with Crippen molar-refractivity contribution in [3.05, 3.63) is 24.0 Å². The van der Waals surface area contributed by atoms with Crippen molar-refractivity contribution in [3.8, 4) is 0 Å². The third-order valence-corrected chi connectivity index (χ3v) is 3.38. The van der Waals surface area contributed by atoms with E-state index in [-0.39, 0.29) is 30.6 Å². The van der Waals surface area contributed by atoms with Gasteiger partial charge in [-0.25, -0.2) is 13.9 Å². The molecule has 114 valence electrons. The number of piperidine rings is 1. The maximum atomic E-state index is 13.6. The molecule has 1 amide bonds. The molecule has 2 atom stereocenters. The zero-order valence-corrected chi connectivity index (χ0v) is 12.0. The summed E-state index contributed by atoms with van der Waals surface area (Å²) in [5.74, 6) is -0.0262. The Morgan fingerprint density at radius 3 is 2.86 bits per heavy atom. The van der Waals surface area contributed by atoms with Gasteiger partial charge in [-0.1, -0.05) is 0 Å². The Morgan fingerprint density at radius 2 is 2.19 bits per heavy atom. The Labute approximate surface area is 126 Å². The molecule has 21 heavy (non-hydrogen) atoms. The van der Waals surface area contributed by atoms with Gasteiger partial charge in [0, 0.05) is 18.8 Å². The largest absolute Gasteiger partial charge is 0.365 e. The molecule has 1 saturated heterocycles. The molecule has 1 aliphatic heterocycles. The van der Waals surface area contributed by atoms with Crippen molar-refractivity contribution in [1.82, 2.24) is 14.6 Å². The van der Waals surface area contributed by atoms with Crippen LogP contribution in [0.1, 0.15) is 16.8 Å². The van der Waals surface area contributed by atoms with Gasteiger partial charge in [-0.3, -0.25) is 4.79 Å². The molecule has 1 aliphatic rings. The number of anilines is 1. The minimum absolute atomic E-state index is 0. The summed E-state index contributed by atoms with van der Waals surface area (Å²) in [6, 6.07) is 1.49. The van der Waals surface area contributed by atoms with E-state index in [1.807, 2.05) is 0 Å². The first-order valence-electron chi connectivity index (χ1n) is 6.33. The van der Waals surface area contributed by atoms with Crippen LogP contribution in [0.5, 0.6) is 0 Å². The highest BCUT2D eigenvalue weighted by Crippen LogP contribution is 2.20. The number of fused-ring (bicyclic) bond motifs is 1. The maximum Gasteiger partial charge on any atom is 0.254 e. The van der Waals surface area contributed by atoms with Crippen molar-refractivity contribution in [2.45, 2.75) is 18.6 Å². The molecule has 0 unspecified atom stereocenters. The van der Waals surface area contributed by atoms with Crippen molar-refractivity contribution in [3.63, 3.8) is 0 Å². The average Bonchev–Trinajstić information content (AvgIpc) is 2.80. The van der Waals surface area contributed by atoms with Gasteiger partial charge in [0.15, 0.2) is 5.65 Å². The number of primary amides is 1. The van der Waals surface area contributed by atoms with Crippen LogP contribution in [0.2, 0.25) is 0 Å². The predicted molar refractivity (Wildman–Crippen MR) is 78.5 cm³/mol. The average molecular weight is 315 g/mol. The fourth-order valence-corrected chi connectivity index (χ4v) is 2.47. The van der Waals surface area contributed by atoms with Gasteiger partial charge in [-0.2, -0.15) is 5.10 Å². The SMILES string of the molecule is Cl.NC(=O)c1cnn2ccc(N3C[C@H](N)C[C@@H](F)C3)nc12. The number of carbonyl (C=O) groups excluding carboxylic acids is 1. The number of amides is 1. The van der Waals surface area contributed by atoms with E-state index < -0.39 is 12.1 Å². The molecule has 3 heterocycles. The molecule has 2 aromatic heterocycles. The van der Waals surface area contributed by atoms with Crippen molar-refractivity contribution in [2.24, 2.45) is 11.5 Å². The number of rotatable bonds is 2. The summed E-state index contributed by atoms with van der Waals surface area (Å²) >= 11 is 0. The number of hydrogen-bond donors (Lipinski definition) is 2. The van der Waals surface area contributed by atoms with Crippen LogP contribution in [0.3, 0.4) is 0 Å². The van der Waals surface area contributed by atoms with Crippen LogP contribution in [0.4, 0.5) is 10.2 Å². The lowest BCUT2D eigenvalue weighted by Gasteiger charge is -2.33. The van der Waals surface area contributed by atoms with Crippen molar-refractivity contribution >= 4 is 29.8 Å². The van der Waals surface area contributed by atoms with Crippen LogP contribution in [0.15, 0.2) is 18.5 Å². The van der Waals surface area contributed by atoms with E-state index in [0.717, 1.165) is 0 Å². The molecule has 3 rings (SSSR count). The number of nitrogens with zero attached hydrogens (tertiary/aromatic N) is 4. The van der Waals surface area contributed by atoms with Crippen LogP contribution < -0.4 is 16.4 Å². The third-order valence-electron chi connectivity index (χ3n) is 3.38. The molecule has 0 saturated carbocycles. The fourth-order valence-electron chi connectivity index (χ4n) is 2.47. The van der Waals surface area contributed by atoms with E-state index >= 15 is 0 Å². The Kier molecular flexibility index (Phi) is 4.29. The van der Waals surface area contributed by atoms with Crippen LogP contribution >= 0.6 is 12.4 Å². The first kappa shape index (κ1) is 15.5. The number of hydrogen-bond acceptors (Lipinski definition) is 5. The van der Waals surface area contributed by atoms with Crippen molar-refractivity contribution in [2.75, 3.05) is 18.0 Å². The zero-order chi connectivity index (χ0) is 14.3. The second-order valence-electron chi connectivity index (χ2n) is 4.97. The lowest BCUT2D eigenvalue weighted by atomic mass is 10.1. The van der Waals surface area contributed by atoms with Gasteiger partial charge >= 0.3 is 0 Å². The minimum atomic E-state index is -0.975. The van der Waals surface area contributed by atoms with E-state index in [1.165, 1.54) is 10.7 Å². The number of aromatic nitrogens is 3. The van der Waals surface area contributed by atoms with Gasteiger partial charge < -0.3 is 16.4 Å². The first-order chi connectivity index (χ1) is 9.54. The Balaban J connectivity index is 0.00000161. The molecule has 0 radical (unpaired) electrons. The van der Waals surface area contributed by atoms with Gasteiger partial charge in [0.05, 0.1) is 12.7 Å². The highest BCUT2D eigenvalue weighted by Gasteiger charge is 2.26. The van der Waals surface area contributed by atoms with Gasteiger partial charge in [-0.15, -0.1) is 12.4 Å². The second-order valence-corrected chi connectivity index (χ2v) is 4.97. The smallest absolute Gasteiger partial charge is 0.254 e. The molecule has 0 aromatic carbocycles. The Bertz CT molecular complexity index is 652. The highest BCUT2D eigenvalue weighted by atomic mass is 35.5. The molecular weight excluding hydrogens is 299 g/mol. The summed E-state index contributed by atoms with van der Waals surface area (Å²) in [5, 5.41) is 3.99. The normalized spacial score (nSPS) is 22.1. The van der Waals surface area contributed by atoms with Crippen LogP contribution in [-0.2, 0) is 0 Å². The highest BCUT2D eigenvalue weighted by molar-refractivity contribution is 5.98. The molecule has 2 aromatic rings. The molecule has 1 fully saturated rings. The molecular formula is C12H16ClFN6O. The minimum Gasteiger partial charge on any atom is -0.365 e. The molecule has 0 spiro atoms. The molecule has 4 N–H and O–H groups in total. The molecule has 0 bridgehead atoms. The summed E-state index contributed by atoms with van der Waals surface area (Å²) in [4.78, 5) is 17.4. The van der Waals surface area contributed by atoms with E-state index in [0.29, 0.717) is 24.4 Å². The summed E-state index contributed by atoms with van der Waals surface area (Å²) in [6.45, 7) is 0.778. The number of nitrogens with two attached hydrogens (primary N) is 2. The van der Waals surface area contributed by atoms with Gasteiger partial charge in [0.25, 0.3) is 5.91 Å². The topological polar surface area (TPSA) is 103 Å². The first-order valence-corrected chi connectivity index (χ1v) is 6.33. The fraction of sp³-hybridized carbons (Fsp3) is 0.417. The van der Waals surface area contributed by atoms with E-state index in [9.17, 15) is 9.18 Å². The van der Waals surface area contributed by atoms with E-state index in [1.54, 1.807) is 17.2 Å². The van der Waals surface area contributed by atoms with Gasteiger partial charge in [0.2, 0.25) is 0 Å². The van der Waals surface area contributed by atoms with Gasteiger partial charge in [-0.05, 0) is 12.5 Å². The summed E-state index contributed by atoms with van der Waals surface area (Å²) in [7, 11) is 0. The van der Waals surface area contributed by atoms with Crippen LogP contribution in [0.25, 0.3) is 5.65 Å². The monoisotopic (exact) mass is 314 g/mol. The summed E-state index contributed by atoms with van der Waals surface area (Å²) in [6.07, 6.45) is 2.42. The van der Waals surface area contributed by atoms with Crippen LogP contribution in [0, 0.1) is 0 Å². The van der Waals surface area contributed by atoms with E-state index in [4.69, 9.17) is 11.5 Å². The quantitative estimate of drug-likeness (QED) is 0.820. The lowest BCUT2D eigenvalue weighted by Crippen LogP contribution is -2.48. The third kappa shape index (κ3) is 2.91. The maximum absolute atomic E-state index is 13.6. The standard InChI is InChI=1S/C12H15FN6O.ClH/c13-7-3-8(14)6-18(5-7)10-1-2-19-12(17-10)9(4-16-19)11(15)20;/h1-2,4,7-8H,3,5-6,14H2,(H2,15,20);1H/t7-,8-;/m1./s1. The van der Waals surface area contributed by atoms with Crippen molar-refractivity contribution < 1.29 is 9.18 Å². The molecule has 7 nitrogen and oxygen atoms in total. The molecule has 9 heteroatoms. The van der Waals surface area contributed by atoms with Crippen molar-refractivity contribution in [1.29, 1.82) is 0 Å². The summed E-state index contributed by atoms with van der Waals surface area (Å²) < 4.78 is 15.0. The number of halogens is 2. The lowest BCUT2D eigenvalue weighted by molar-refractivity contribution is 0.100. The van der Waals surface area contributed by atoms with Crippen LogP contribution in [-0.4, -0.2) is 45.8 Å². The predicted octanol–water partition coefficient (Wildman–Crippen LogP) is 0.126. The Hall–Kier alpha value is -1.93. The number of alkyl halides is 1. The molecule has 0 aliphatic carbocycles. The zero-order valence-electron chi connectivity index (χ0n) is 11.1. The number of carbonyl (C=O) groups is 1. The summed E-state index contributed by atoms with van der Waals surface area (Å²) in [5.41, 5.74) is 11.7. The Morgan fingerprint density at radius 1 is 1.43 bits per heavy atom. The second kappa shape index (κ2) is 5.82. The van der Waals surface area contributed by atoms with Gasteiger partial charge in [0.1, 0.15) is 17.6 Å².